The topological polar surface area (TPSA) is 61.2 Å². The van der Waals surface area contributed by atoms with Crippen LogP contribution >= 0.6 is 27.5 Å². The highest BCUT2D eigenvalue weighted by atomic mass is 79.9. The highest BCUT2D eigenvalue weighted by Crippen LogP contribution is 2.51. The van der Waals surface area contributed by atoms with Gasteiger partial charge in [-0.2, -0.15) is 10.1 Å². The molecule has 0 spiro atoms. The second-order valence-corrected chi connectivity index (χ2v) is 9.20. The molecule has 2 aliphatic rings. The summed E-state index contributed by atoms with van der Waals surface area (Å²) in [5.41, 5.74) is 4.94. The number of hydrogen-bond acceptors (Lipinski definition) is 5. The van der Waals surface area contributed by atoms with E-state index in [9.17, 15) is 0 Å². The van der Waals surface area contributed by atoms with Gasteiger partial charge < -0.3 is 14.8 Å². The number of nitrogens with zero attached hydrogens (tertiary/aromatic N) is 3. The van der Waals surface area contributed by atoms with Crippen LogP contribution in [0.25, 0.3) is 5.70 Å². The van der Waals surface area contributed by atoms with Crippen LogP contribution in [0.2, 0.25) is 5.02 Å². The molecule has 0 saturated carbocycles. The third-order valence-electron chi connectivity index (χ3n) is 5.96. The molecule has 1 N–H and O–H groups in total. The lowest BCUT2D eigenvalue weighted by Gasteiger charge is -2.39. The average Bonchev–Trinajstić information content (AvgIpc) is 3.31. The molecule has 0 aliphatic carbocycles. The predicted octanol–water partition coefficient (Wildman–Crippen LogP) is 6.26. The molecule has 0 bridgehead atoms. The number of rotatable bonds is 3. The third kappa shape index (κ3) is 3.39. The van der Waals surface area contributed by atoms with Gasteiger partial charge in [-0.15, -0.1) is 0 Å². The molecule has 4 aromatic rings. The third-order valence-corrected chi connectivity index (χ3v) is 6.69. The number of halogens is 2. The Labute approximate surface area is 204 Å². The van der Waals surface area contributed by atoms with Crippen LogP contribution < -0.4 is 14.8 Å². The molecule has 0 saturated heterocycles. The van der Waals surface area contributed by atoms with Crippen LogP contribution in [0.5, 0.6) is 11.5 Å². The number of methoxy groups -OCH3 is 1. The largest absolute Gasteiger partial charge is 0.497 e. The van der Waals surface area contributed by atoms with Crippen molar-refractivity contribution in [2.75, 3.05) is 12.4 Å². The van der Waals surface area contributed by atoms with Crippen LogP contribution in [-0.4, -0.2) is 21.9 Å². The SMILES string of the molecule is COc1ccc([C@@H]2C3=C(Nc4ncnn42)c2cc(Cl)ccc2O[C@@H]3c2cccc(Br)c2)cc1. The monoisotopic (exact) mass is 520 g/mol. The van der Waals surface area contributed by atoms with E-state index in [4.69, 9.17) is 21.1 Å². The van der Waals surface area contributed by atoms with Gasteiger partial charge >= 0.3 is 0 Å². The van der Waals surface area contributed by atoms with E-state index in [0.717, 1.165) is 43.9 Å². The van der Waals surface area contributed by atoms with Gasteiger partial charge in [0.2, 0.25) is 5.95 Å². The minimum absolute atomic E-state index is 0.235. The van der Waals surface area contributed by atoms with Crippen molar-refractivity contribution in [3.05, 3.63) is 105 Å². The van der Waals surface area contributed by atoms with Crippen molar-refractivity contribution in [1.82, 2.24) is 14.8 Å². The molecule has 6 nitrogen and oxygen atoms in total. The maximum atomic E-state index is 6.62. The van der Waals surface area contributed by atoms with Crippen LogP contribution in [-0.2, 0) is 0 Å². The molecule has 164 valence electrons. The van der Waals surface area contributed by atoms with Gasteiger partial charge in [0.1, 0.15) is 30.0 Å². The molecule has 2 aliphatic heterocycles. The van der Waals surface area contributed by atoms with Gasteiger partial charge in [0, 0.05) is 20.6 Å². The Morgan fingerprint density at radius 2 is 1.91 bits per heavy atom. The van der Waals surface area contributed by atoms with Gasteiger partial charge in [-0.3, -0.25) is 0 Å². The number of anilines is 1. The van der Waals surface area contributed by atoms with Crippen LogP contribution in [0.3, 0.4) is 0 Å². The molecule has 0 fully saturated rings. The maximum Gasteiger partial charge on any atom is 0.226 e. The minimum atomic E-state index is -0.344. The van der Waals surface area contributed by atoms with Crippen molar-refractivity contribution in [3.63, 3.8) is 0 Å². The fourth-order valence-corrected chi connectivity index (χ4v) is 5.08. The number of ether oxygens (including phenoxy) is 2. The van der Waals surface area contributed by atoms with Gasteiger partial charge in [0.25, 0.3) is 0 Å². The molecule has 3 heterocycles. The number of hydrogen-bond donors (Lipinski definition) is 1. The molecule has 1 aromatic heterocycles. The van der Waals surface area contributed by atoms with E-state index in [0.29, 0.717) is 11.0 Å². The Hall–Kier alpha value is -3.29. The second kappa shape index (κ2) is 7.93. The van der Waals surface area contributed by atoms with Gasteiger partial charge in [-0.25, -0.2) is 4.68 Å². The predicted molar refractivity (Wildman–Crippen MR) is 131 cm³/mol. The van der Waals surface area contributed by atoms with Gasteiger partial charge in [0.05, 0.1) is 12.8 Å². The summed E-state index contributed by atoms with van der Waals surface area (Å²) in [6.45, 7) is 0. The summed E-state index contributed by atoms with van der Waals surface area (Å²) in [7, 11) is 1.66. The van der Waals surface area contributed by atoms with Crippen molar-refractivity contribution >= 4 is 39.2 Å². The Morgan fingerprint density at radius 1 is 1.06 bits per heavy atom. The summed E-state index contributed by atoms with van der Waals surface area (Å²) in [6, 6.07) is 21.6. The summed E-state index contributed by atoms with van der Waals surface area (Å²) >= 11 is 10.00. The Bertz CT molecular complexity index is 1400. The number of fused-ring (bicyclic) bond motifs is 3. The highest BCUT2D eigenvalue weighted by Gasteiger charge is 2.41. The first-order valence-corrected chi connectivity index (χ1v) is 11.6. The van der Waals surface area contributed by atoms with E-state index < -0.39 is 0 Å². The van der Waals surface area contributed by atoms with E-state index in [1.54, 1.807) is 13.4 Å². The fraction of sp³-hybridized carbons (Fsp3) is 0.120. The Morgan fingerprint density at radius 3 is 2.70 bits per heavy atom. The molecule has 33 heavy (non-hydrogen) atoms. The molecule has 2 atom stereocenters. The second-order valence-electron chi connectivity index (χ2n) is 7.85. The van der Waals surface area contributed by atoms with Crippen molar-refractivity contribution in [1.29, 1.82) is 0 Å². The average molecular weight is 522 g/mol. The Balaban J connectivity index is 1.62. The van der Waals surface area contributed by atoms with Crippen LogP contribution in [0.1, 0.15) is 28.8 Å². The molecular formula is C25H18BrClN4O2. The molecular weight excluding hydrogens is 504 g/mol. The molecule has 0 radical (unpaired) electrons. The lowest BCUT2D eigenvalue weighted by molar-refractivity contribution is 0.223. The molecule has 0 amide bonds. The van der Waals surface area contributed by atoms with Crippen molar-refractivity contribution in [2.45, 2.75) is 12.1 Å². The molecule has 0 unspecified atom stereocenters. The smallest absolute Gasteiger partial charge is 0.226 e. The zero-order valence-electron chi connectivity index (χ0n) is 17.5. The van der Waals surface area contributed by atoms with E-state index in [-0.39, 0.29) is 12.1 Å². The standard InChI is InChI=1S/C25H18BrClN4O2/c1-32-18-8-5-14(6-9-18)23-21-22(30-25-28-13-29-31(23)25)19-12-17(27)7-10-20(19)33-24(21)15-3-2-4-16(26)11-15/h2-13,23-24H,1H3,(H,28,29,30)/t23-,24-/m1/s1. The summed E-state index contributed by atoms with van der Waals surface area (Å²) in [6.07, 6.45) is 1.22. The van der Waals surface area contributed by atoms with E-state index in [1.807, 2.05) is 47.1 Å². The summed E-state index contributed by atoms with van der Waals surface area (Å²) in [5.74, 6) is 2.22. The maximum absolute atomic E-state index is 6.62. The first-order valence-electron chi connectivity index (χ1n) is 10.4. The quantitative estimate of drug-likeness (QED) is 0.345. The van der Waals surface area contributed by atoms with Gasteiger partial charge in [-0.05, 0) is 53.6 Å². The lowest BCUT2D eigenvalue weighted by atomic mass is 9.84. The number of nitrogens with one attached hydrogen (secondary N) is 1. The molecule has 6 rings (SSSR count). The first-order chi connectivity index (χ1) is 16.1. The highest BCUT2D eigenvalue weighted by molar-refractivity contribution is 9.10. The van der Waals surface area contributed by atoms with Crippen LogP contribution in [0.4, 0.5) is 5.95 Å². The van der Waals surface area contributed by atoms with Crippen molar-refractivity contribution in [3.8, 4) is 11.5 Å². The normalized spacial score (nSPS) is 18.5. The van der Waals surface area contributed by atoms with Gasteiger partial charge in [0.15, 0.2) is 0 Å². The van der Waals surface area contributed by atoms with E-state index >= 15 is 0 Å². The Kier molecular flexibility index (Phi) is 4.89. The van der Waals surface area contributed by atoms with E-state index in [2.05, 4.69) is 55.6 Å². The summed E-state index contributed by atoms with van der Waals surface area (Å²) < 4.78 is 14.9. The van der Waals surface area contributed by atoms with Crippen molar-refractivity contribution in [2.24, 2.45) is 0 Å². The van der Waals surface area contributed by atoms with E-state index in [1.165, 1.54) is 0 Å². The number of aromatic nitrogens is 3. The summed E-state index contributed by atoms with van der Waals surface area (Å²) in [4.78, 5) is 4.47. The molecule has 8 heteroatoms. The van der Waals surface area contributed by atoms with Crippen LogP contribution in [0.15, 0.2) is 83.1 Å². The minimum Gasteiger partial charge on any atom is -0.497 e. The zero-order valence-corrected chi connectivity index (χ0v) is 19.8. The van der Waals surface area contributed by atoms with Crippen molar-refractivity contribution < 1.29 is 9.47 Å². The summed E-state index contributed by atoms with van der Waals surface area (Å²) in [5, 5.41) is 8.69. The fourth-order valence-electron chi connectivity index (χ4n) is 4.49. The first kappa shape index (κ1) is 20.3. The lowest BCUT2D eigenvalue weighted by Crippen LogP contribution is -2.32. The molecule has 3 aromatic carbocycles. The number of benzene rings is 3. The van der Waals surface area contributed by atoms with Crippen LogP contribution in [0, 0.1) is 0 Å². The van der Waals surface area contributed by atoms with Gasteiger partial charge in [-0.1, -0.05) is 51.8 Å². The zero-order chi connectivity index (χ0) is 22.5.